The predicted octanol–water partition coefficient (Wildman–Crippen LogP) is 3.95. The van der Waals surface area contributed by atoms with E-state index < -0.39 is 0 Å². The van der Waals surface area contributed by atoms with E-state index in [0.717, 1.165) is 56.1 Å². The third-order valence-corrected chi connectivity index (χ3v) is 5.94. The van der Waals surface area contributed by atoms with E-state index in [0.29, 0.717) is 31.3 Å². The molecule has 4 rings (SSSR count). The molecule has 0 unspecified atom stereocenters. The van der Waals surface area contributed by atoms with Crippen LogP contribution < -0.4 is 9.47 Å². The number of benzene rings is 2. The maximum absolute atomic E-state index is 12.6. The highest BCUT2D eigenvalue weighted by atomic mass is 16.5. The van der Waals surface area contributed by atoms with Crippen LogP contribution in [-0.4, -0.2) is 65.7 Å². The smallest absolute Gasteiger partial charge is 0.241 e. The number of unbranched alkanes of at least 4 members (excludes halogenated alkanes) is 1. The van der Waals surface area contributed by atoms with Gasteiger partial charge in [0.05, 0.1) is 20.3 Å². The van der Waals surface area contributed by atoms with Crippen LogP contribution in [0.4, 0.5) is 0 Å². The molecule has 1 aromatic heterocycles. The van der Waals surface area contributed by atoms with Crippen molar-refractivity contribution in [3.05, 3.63) is 60.0 Å². The summed E-state index contributed by atoms with van der Waals surface area (Å²) in [5.74, 6) is 3.04. The van der Waals surface area contributed by atoms with Crippen molar-refractivity contribution in [3.63, 3.8) is 0 Å². The Morgan fingerprint density at radius 1 is 1.03 bits per heavy atom. The van der Waals surface area contributed by atoms with Crippen LogP contribution in [0, 0.1) is 6.92 Å². The molecule has 8 heteroatoms. The van der Waals surface area contributed by atoms with E-state index in [1.54, 1.807) is 7.11 Å². The van der Waals surface area contributed by atoms with Crippen LogP contribution >= 0.6 is 0 Å². The zero-order valence-electron chi connectivity index (χ0n) is 19.9. The lowest BCUT2D eigenvalue weighted by Crippen LogP contribution is -2.48. The van der Waals surface area contributed by atoms with Crippen LogP contribution in [-0.2, 0) is 11.3 Å². The van der Waals surface area contributed by atoms with Gasteiger partial charge in [-0.3, -0.25) is 9.69 Å². The number of ether oxygens (including phenoxy) is 2. The molecule has 1 aliphatic heterocycles. The van der Waals surface area contributed by atoms with Crippen molar-refractivity contribution in [2.24, 2.45) is 0 Å². The number of amides is 1. The van der Waals surface area contributed by atoms with Gasteiger partial charge in [-0.25, -0.2) is 0 Å². The normalized spacial score (nSPS) is 14.2. The number of aryl methyl sites for hydroxylation is 1. The van der Waals surface area contributed by atoms with E-state index in [-0.39, 0.29) is 5.91 Å². The second-order valence-corrected chi connectivity index (χ2v) is 8.52. The topological polar surface area (TPSA) is 80.9 Å². The first kappa shape index (κ1) is 23.8. The molecule has 2 aromatic carbocycles. The second-order valence-electron chi connectivity index (χ2n) is 8.52. The molecule has 3 aromatic rings. The fourth-order valence-corrected chi connectivity index (χ4v) is 3.95. The molecular formula is C26H32N4O4. The van der Waals surface area contributed by atoms with Gasteiger partial charge in [0.25, 0.3) is 0 Å². The molecule has 1 saturated heterocycles. The summed E-state index contributed by atoms with van der Waals surface area (Å²) >= 11 is 0. The number of nitrogens with zero attached hydrogens (tertiary/aromatic N) is 4. The van der Waals surface area contributed by atoms with E-state index in [2.05, 4.69) is 15.0 Å². The molecule has 1 amide bonds. The van der Waals surface area contributed by atoms with E-state index in [9.17, 15) is 4.79 Å². The molecule has 0 N–H and O–H groups in total. The first-order valence-electron chi connectivity index (χ1n) is 11.8. The maximum Gasteiger partial charge on any atom is 0.241 e. The SMILES string of the molecule is COc1ccc(-c2noc(CN3CCN(C(=O)CCCCOc4cccc(C)c4)CC3)n2)cc1. The van der Waals surface area contributed by atoms with Crippen molar-refractivity contribution in [2.45, 2.75) is 32.7 Å². The van der Waals surface area contributed by atoms with E-state index in [1.807, 2.05) is 60.4 Å². The lowest BCUT2D eigenvalue weighted by Gasteiger charge is -2.34. The summed E-state index contributed by atoms with van der Waals surface area (Å²) in [6, 6.07) is 15.6. The van der Waals surface area contributed by atoms with Gasteiger partial charge in [0, 0.05) is 38.2 Å². The average Bonchev–Trinajstić information content (AvgIpc) is 3.33. The fraction of sp³-hybridized carbons (Fsp3) is 0.423. The quantitative estimate of drug-likeness (QED) is 0.420. The van der Waals surface area contributed by atoms with Gasteiger partial charge in [0.1, 0.15) is 11.5 Å². The molecule has 0 bridgehead atoms. The van der Waals surface area contributed by atoms with Gasteiger partial charge in [-0.15, -0.1) is 0 Å². The lowest BCUT2D eigenvalue weighted by molar-refractivity contribution is -0.133. The van der Waals surface area contributed by atoms with Crippen molar-refractivity contribution < 1.29 is 18.8 Å². The molecule has 180 valence electrons. The van der Waals surface area contributed by atoms with E-state index in [1.165, 1.54) is 5.56 Å². The van der Waals surface area contributed by atoms with Gasteiger partial charge >= 0.3 is 0 Å². The molecule has 8 nitrogen and oxygen atoms in total. The number of hydrogen-bond acceptors (Lipinski definition) is 7. The van der Waals surface area contributed by atoms with E-state index >= 15 is 0 Å². The fourth-order valence-electron chi connectivity index (χ4n) is 3.95. The van der Waals surface area contributed by atoms with Crippen LogP contribution in [0.5, 0.6) is 11.5 Å². The first-order chi connectivity index (χ1) is 16.6. The number of carbonyl (C=O) groups excluding carboxylic acids is 1. The Hall–Kier alpha value is -3.39. The maximum atomic E-state index is 12.6. The lowest BCUT2D eigenvalue weighted by atomic mass is 10.2. The van der Waals surface area contributed by atoms with Crippen LogP contribution in [0.1, 0.15) is 30.7 Å². The minimum Gasteiger partial charge on any atom is -0.497 e. The third-order valence-electron chi connectivity index (χ3n) is 5.94. The molecule has 34 heavy (non-hydrogen) atoms. The Labute approximate surface area is 200 Å². The monoisotopic (exact) mass is 464 g/mol. The molecule has 0 saturated carbocycles. The summed E-state index contributed by atoms with van der Waals surface area (Å²) < 4.78 is 16.4. The van der Waals surface area contributed by atoms with Crippen molar-refractivity contribution in [1.82, 2.24) is 19.9 Å². The Kier molecular flexibility index (Phi) is 8.14. The molecular weight excluding hydrogens is 432 g/mol. The number of hydrogen-bond donors (Lipinski definition) is 0. The van der Waals surface area contributed by atoms with Crippen LogP contribution in [0.2, 0.25) is 0 Å². The average molecular weight is 465 g/mol. The molecule has 0 atom stereocenters. The van der Waals surface area contributed by atoms with Gasteiger partial charge in [-0.1, -0.05) is 17.3 Å². The van der Waals surface area contributed by atoms with Gasteiger partial charge in [0.2, 0.25) is 17.6 Å². The summed E-state index contributed by atoms with van der Waals surface area (Å²) in [6.07, 6.45) is 2.26. The Balaban J connectivity index is 1.14. The molecule has 1 fully saturated rings. The molecule has 2 heterocycles. The zero-order valence-corrected chi connectivity index (χ0v) is 19.9. The molecule has 0 aliphatic carbocycles. The Morgan fingerprint density at radius 2 is 1.82 bits per heavy atom. The number of piperazine rings is 1. The number of aromatic nitrogens is 2. The second kappa shape index (κ2) is 11.7. The standard InChI is InChI=1S/C26H32N4O4/c1-20-6-5-7-23(18-20)33-17-4-3-8-25(31)30-15-13-29(14-16-30)19-24-27-26(28-34-24)21-9-11-22(32-2)12-10-21/h5-7,9-12,18H,3-4,8,13-17,19H2,1-2H3. The minimum absolute atomic E-state index is 0.217. The van der Waals surface area contributed by atoms with Gasteiger partial charge in [-0.2, -0.15) is 4.98 Å². The number of carbonyl (C=O) groups is 1. The molecule has 1 aliphatic rings. The summed E-state index contributed by atoms with van der Waals surface area (Å²) in [6.45, 7) is 6.29. The number of rotatable bonds is 10. The van der Waals surface area contributed by atoms with Crippen LogP contribution in [0.3, 0.4) is 0 Å². The van der Waals surface area contributed by atoms with Crippen molar-refractivity contribution in [2.75, 3.05) is 39.9 Å². The molecule has 0 spiro atoms. The van der Waals surface area contributed by atoms with Crippen molar-refractivity contribution >= 4 is 5.91 Å². The zero-order chi connectivity index (χ0) is 23.8. The molecule has 0 radical (unpaired) electrons. The highest BCUT2D eigenvalue weighted by Gasteiger charge is 2.22. The highest BCUT2D eigenvalue weighted by Crippen LogP contribution is 2.20. The van der Waals surface area contributed by atoms with Crippen molar-refractivity contribution in [3.8, 4) is 22.9 Å². The summed E-state index contributed by atoms with van der Waals surface area (Å²) in [5.41, 5.74) is 2.07. The minimum atomic E-state index is 0.217. The van der Waals surface area contributed by atoms with Gasteiger partial charge in [-0.05, 0) is 61.7 Å². The van der Waals surface area contributed by atoms with Crippen molar-refractivity contribution in [1.29, 1.82) is 0 Å². The van der Waals surface area contributed by atoms with Crippen LogP contribution in [0.25, 0.3) is 11.4 Å². The largest absolute Gasteiger partial charge is 0.497 e. The highest BCUT2D eigenvalue weighted by molar-refractivity contribution is 5.76. The first-order valence-corrected chi connectivity index (χ1v) is 11.8. The van der Waals surface area contributed by atoms with Gasteiger partial charge in [0.15, 0.2) is 0 Å². The summed E-state index contributed by atoms with van der Waals surface area (Å²) in [4.78, 5) is 21.3. The van der Waals surface area contributed by atoms with Crippen LogP contribution in [0.15, 0.2) is 53.1 Å². The third kappa shape index (κ3) is 6.57. The summed E-state index contributed by atoms with van der Waals surface area (Å²) in [5, 5.41) is 4.09. The summed E-state index contributed by atoms with van der Waals surface area (Å²) in [7, 11) is 1.64. The Bertz CT molecular complexity index is 1060. The van der Waals surface area contributed by atoms with E-state index in [4.69, 9.17) is 14.0 Å². The Morgan fingerprint density at radius 3 is 2.56 bits per heavy atom. The van der Waals surface area contributed by atoms with Gasteiger partial charge < -0.3 is 18.9 Å². The predicted molar refractivity (Wildman–Crippen MR) is 129 cm³/mol. The number of methoxy groups -OCH3 is 1.